The van der Waals surface area contributed by atoms with Crippen LogP contribution < -0.4 is 20.9 Å². The number of benzene rings is 3. The van der Waals surface area contributed by atoms with Crippen molar-refractivity contribution in [2.24, 2.45) is 16.5 Å². The second kappa shape index (κ2) is 13.0. The van der Waals surface area contributed by atoms with Gasteiger partial charge in [-0.05, 0) is 48.0 Å². The fourth-order valence-corrected chi connectivity index (χ4v) is 5.76. The van der Waals surface area contributed by atoms with Gasteiger partial charge in [0.05, 0.1) is 35.6 Å². The van der Waals surface area contributed by atoms with Crippen LogP contribution in [-0.4, -0.2) is 35.8 Å². The molecule has 4 rings (SSSR count). The van der Waals surface area contributed by atoms with Gasteiger partial charge in [0.2, 0.25) is 0 Å². The highest BCUT2D eigenvalue weighted by atomic mass is 35.5. The van der Waals surface area contributed by atoms with Crippen molar-refractivity contribution in [2.75, 3.05) is 20.3 Å². The van der Waals surface area contributed by atoms with E-state index in [1.54, 1.807) is 37.6 Å². The lowest BCUT2D eigenvalue weighted by Crippen LogP contribution is -2.23. The van der Waals surface area contributed by atoms with E-state index in [2.05, 4.69) is 9.98 Å². The quantitative estimate of drug-likeness (QED) is 0.0835. The molecule has 0 atom stereocenters. The van der Waals surface area contributed by atoms with Crippen LogP contribution in [0.4, 0.5) is 8.78 Å². The van der Waals surface area contributed by atoms with Gasteiger partial charge in [-0.2, -0.15) is 0 Å². The van der Waals surface area contributed by atoms with Crippen molar-refractivity contribution in [3.8, 4) is 17.2 Å². The van der Waals surface area contributed by atoms with E-state index in [9.17, 15) is 4.39 Å². The first-order valence-corrected chi connectivity index (χ1v) is 14.2. The summed E-state index contributed by atoms with van der Waals surface area (Å²) in [4.78, 5) is 8.50. The molecule has 1 heterocycles. The molecule has 41 heavy (non-hydrogen) atoms. The van der Waals surface area contributed by atoms with Gasteiger partial charge in [0.25, 0.3) is 0 Å². The molecule has 0 spiro atoms. The number of hydrogen-bond acceptors (Lipinski definition) is 5. The van der Waals surface area contributed by atoms with E-state index in [1.165, 1.54) is 30.0 Å². The van der Waals surface area contributed by atoms with Gasteiger partial charge in [-0.25, -0.2) is 13.8 Å². The summed E-state index contributed by atoms with van der Waals surface area (Å²) >= 11 is 14.0. The number of nitrogens with zero attached hydrogens (tertiary/aromatic N) is 3. The molecule has 0 unspecified atom stereocenters. The standard InChI is InChI=1S/C29H29Cl2F2N5O2S/c1-29(2,17-4-9-22(30)25(12-17)39-3)26-15-37-28(38(26)19-7-5-18(32)6-8-19)41-16-21-23(31)13-20(14-24(21)33)40-11-10-36-27(34)35/h4-9,12-15H,10-11,16H2,1-3H3,(H4,34,35,36). The number of aliphatic imine (C=N–C) groups is 1. The van der Waals surface area contributed by atoms with E-state index in [1.807, 2.05) is 30.5 Å². The second-order valence-electron chi connectivity index (χ2n) is 9.52. The van der Waals surface area contributed by atoms with Crippen molar-refractivity contribution in [1.82, 2.24) is 9.55 Å². The lowest BCUT2D eigenvalue weighted by atomic mass is 9.81. The molecule has 0 amide bonds. The molecule has 12 heteroatoms. The SMILES string of the molecule is COc1cc(C(C)(C)c2cnc(SCc3c(F)cc(OCCN=C(N)N)cc3Cl)n2-c2ccc(F)cc2)ccc1Cl. The van der Waals surface area contributed by atoms with Crippen LogP contribution in [0.25, 0.3) is 5.69 Å². The van der Waals surface area contributed by atoms with Crippen molar-refractivity contribution in [3.05, 3.63) is 99.3 Å². The Morgan fingerprint density at radius 3 is 2.44 bits per heavy atom. The molecular weight excluding hydrogens is 591 g/mol. The normalized spacial score (nSPS) is 11.4. The fraction of sp³-hybridized carbons (Fsp3) is 0.241. The summed E-state index contributed by atoms with van der Waals surface area (Å²) in [6, 6.07) is 14.5. The molecule has 0 saturated heterocycles. The van der Waals surface area contributed by atoms with Crippen molar-refractivity contribution in [3.63, 3.8) is 0 Å². The Bertz CT molecular complexity index is 1530. The zero-order chi connectivity index (χ0) is 29.7. The molecule has 0 saturated carbocycles. The summed E-state index contributed by atoms with van der Waals surface area (Å²) in [7, 11) is 1.56. The monoisotopic (exact) mass is 619 g/mol. The largest absolute Gasteiger partial charge is 0.495 e. The number of halogens is 4. The number of methoxy groups -OCH3 is 1. The Labute approximate surface area is 251 Å². The lowest BCUT2D eigenvalue weighted by molar-refractivity contribution is 0.327. The third-order valence-electron chi connectivity index (χ3n) is 6.44. The first-order valence-electron chi connectivity index (χ1n) is 12.5. The van der Waals surface area contributed by atoms with Crippen molar-refractivity contribution in [1.29, 1.82) is 0 Å². The molecule has 7 nitrogen and oxygen atoms in total. The number of ether oxygens (including phenoxy) is 2. The maximum Gasteiger partial charge on any atom is 0.186 e. The number of aromatic nitrogens is 2. The van der Waals surface area contributed by atoms with Gasteiger partial charge in [0, 0.05) is 28.5 Å². The highest BCUT2D eigenvalue weighted by Gasteiger charge is 2.30. The number of hydrogen-bond donors (Lipinski definition) is 2. The van der Waals surface area contributed by atoms with Gasteiger partial charge < -0.3 is 20.9 Å². The van der Waals surface area contributed by atoms with E-state index in [0.717, 1.165) is 11.3 Å². The van der Waals surface area contributed by atoms with Crippen LogP contribution in [0, 0.1) is 11.6 Å². The van der Waals surface area contributed by atoms with Crippen molar-refractivity contribution in [2.45, 2.75) is 30.2 Å². The third kappa shape index (κ3) is 7.06. The minimum atomic E-state index is -0.571. The van der Waals surface area contributed by atoms with Gasteiger partial charge >= 0.3 is 0 Å². The Balaban J connectivity index is 1.66. The summed E-state index contributed by atoms with van der Waals surface area (Å²) in [5.74, 6) is 0.0712. The average Bonchev–Trinajstić information content (AvgIpc) is 3.36. The van der Waals surface area contributed by atoms with Crippen LogP contribution in [0.3, 0.4) is 0 Å². The minimum Gasteiger partial charge on any atom is -0.495 e. The Kier molecular flexibility index (Phi) is 9.68. The van der Waals surface area contributed by atoms with E-state index < -0.39 is 11.2 Å². The van der Waals surface area contributed by atoms with Crippen molar-refractivity contribution < 1.29 is 18.3 Å². The smallest absolute Gasteiger partial charge is 0.186 e. The number of imidazole rings is 1. The van der Waals surface area contributed by atoms with Crippen LogP contribution >= 0.6 is 35.0 Å². The lowest BCUT2D eigenvalue weighted by Gasteiger charge is -2.28. The molecule has 0 bridgehead atoms. The first-order chi connectivity index (χ1) is 19.5. The zero-order valence-corrected chi connectivity index (χ0v) is 25.0. The molecule has 0 aliphatic carbocycles. The minimum absolute atomic E-state index is 0.0522. The van der Waals surface area contributed by atoms with Crippen LogP contribution in [0.15, 0.2) is 70.9 Å². The van der Waals surface area contributed by atoms with Crippen LogP contribution in [-0.2, 0) is 11.2 Å². The summed E-state index contributed by atoms with van der Waals surface area (Å²) < 4.78 is 41.8. The zero-order valence-electron chi connectivity index (χ0n) is 22.6. The van der Waals surface area contributed by atoms with Gasteiger partial charge in [0.15, 0.2) is 11.1 Å². The summed E-state index contributed by atoms with van der Waals surface area (Å²) in [5, 5.41) is 1.29. The maximum absolute atomic E-state index is 15.1. The predicted molar refractivity (Wildman–Crippen MR) is 161 cm³/mol. The van der Waals surface area contributed by atoms with Crippen LogP contribution in [0.1, 0.15) is 30.7 Å². The first kappa shape index (κ1) is 30.5. The molecule has 4 N–H and O–H groups in total. The Hall–Kier alpha value is -3.47. The summed E-state index contributed by atoms with van der Waals surface area (Å²) in [5.41, 5.74) is 12.8. The highest BCUT2D eigenvalue weighted by Crippen LogP contribution is 2.40. The molecular formula is C29H29Cl2F2N5O2S. The van der Waals surface area contributed by atoms with E-state index >= 15 is 4.39 Å². The second-order valence-corrected chi connectivity index (χ2v) is 11.3. The molecule has 216 valence electrons. The predicted octanol–water partition coefficient (Wildman–Crippen LogP) is 6.74. The maximum atomic E-state index is 15.1. The van der Waals surface area contributed by atoms with E-state index in [0.29, 0.717) is 27.2 Å². The average molecular weight is 621 g/mol. The molecule has 1 aromatic heterocycles. The van der Waals surface area contributed by atoms with Gasteiger partial charge in [-0.3, -0.25) is 9.56 Å². The Morgan fingerprint density at radius 1 is 1.05 bits per heavy atom. The fourth-order valence-electron chi connectivity index (χ4n) is 4.19. The van der Waals surface area contributed by atoms with E-state index in [4.69, 9.17) is 44.1 Å². The number of guanidine groups is 1. The summed E-state index contributed by atoms with van der Waals surface area (Å²) in [6.45, 7) is 4.48. The van der Waals surface area contributed by atoms with Crippen LogP contribution in [0.2, 0.25) is 10.0 Å². The molecule has 0 aliphatic rings. The molecule has 0 aliphatic heterocycles. The topological polar surface area (TPSA) is 101 Å². The third-order valence-corrected chi connectivity index (χ3v) is 8.07. The number of nitrogens with two attached hydrogens (primary N) is 2. The molecule has 4 aromatic rings. The highest BCUT2D eigenvalue weighted by molar-refractivity contribution is 7.98. The summed E-state index contributed by atoms with van der Waals surface area (Å²) in [6.07, 6.45) is 1.76. The van der Waals surface area contributed by atoms with Crippen LogP contribution in [0.5, 0.6) is 11.5 Å². The molecule has 3 aromatic carbocycles. The number of rotatable bonds is 11. The van der Waals surface area contributed by atoms with Gasteiger partial charge in [-0.15, -0.1) is 0 Å². The van der Waals surface area contributed by atoms with Gasteiger partial charge in [0.1, 0.15) is 29.7 Å². The number of thioether (sulfide) groups is 1. The van der Waals surface area contributed by atoms with E-state index in [-0.39, 0.29) is 41.5 Å². The van der Waals surface area contributed by atoms with Crippen molar-refractivity contribution >= 4 is 40.9 Å². The molecule has 0 radical (unpaired) electrons. The molecule has 0 fully saturated rings. The van der Waals surface area contributed by atoms with Gasteiger partial charge in [-0.1, -0.05) is 54.9 Å². The Morgan fingerprint density at radius 2 is 1.78 bits per heavy atom.